The van der Waals surface area contributed by atoms with E-state index < -0.39 is 35.1 Å². The maximum absolute atomic E-state index is 13.2. The minimum Gasteiger partial charge on any atom is -0.386 e. The van der Waals surface area contributed by atoms with Gasteiger partial charge in [-0.3, -0.25) is 4.79 Å². The van der Waals surface area contributed by atoms with E-state index in [2.05, 4.69) is 5.32 Å². The van der Waals surface area contributed by atoms with E-state index in [0.717, 1.165) is 16.7 Å². The molecule has 2 atom stereocenters. The highest BCUT2D eigenvalue weighted by Gasteiger charge is 2.25. The SMILES string of the molecule is CC(C)(N)c1ccc(-c2ccc(C(O)C(CF)NC(=O)C(Cl)Cl)cc2)cc1. The second kappa shape index (κ2) is 9.02. The van der Waals surface area contributed by atoms with Gasteiger partial charge in [-0.25, -0.2) is 4.39 Å². The fourth-order valence-electron chi connectivity index (χ4n) is 2.64. The first-order valence-corrected chi connectivity index (χ1v) is 9.33. The van der Waals surface area contributed by atoms with E-state index >= 15 is 0 Å². The standard InChI is InChI=1S/C20H23Cl2FN2O2/c1-20(2,24)15-9-7-13(8-10-15)12-3-5-14(6-4-12)17(26)16(11-23)25-19(27)18(21)22/h3-10,16-18,26H,11,24H2,1-2H3,(H,25,27). The molecule has 2 aromatic carbocycles. The Hall–Kier alpha value is -1.66. The topological polar surface area (TPSA) is 75.3 Å². The number of benzene rings is 2. The summed E-state index contributed by atoms with van der Waals surface area (Å²) in [6.45, 7) is 2.93. The smallest absolute Gasteiger partial charge is 0.253 e. The summed E-state index contributed by atoms with van der Waals surface area (Å²) < 4.78 is 13.2. The van der Waals surface area contributed by atoms with E-state index in [1.807, 2.05) is 50.2 Å². The molecule has 2 rings (SSSR count). The van der Waals surface area contributed by atoms with Gasteiger partial charge < -0.3 is 16.2 Å². The van der Waals surface area contributed by atoms with Gasteiger partial charge in [-0.05, 0) is 36.1 Å². The first-order valence-electron chi connectivity index (χ1n) is 8.46. The van der Waals surface area contributed by atoms with E-state index in [1.165, 1.54) is 0 Å². The minimum atomic E-state index is -1.32. The van der Waals surface area contributed by atoms with Crippen molar-refractivity contribution in [1.82, 2.24) is 5.32 Å². The number of alkyl halides is 3. The third-order valence-electron chi connectivity index (χ3n) is 4.29. The van der Waals surface area contributed by atoms with E-state index in [4.69, 9.17) is 28.9 Å². The van der Waals surface area contributed by atoms with Gasteiger partial charge in [0.15, 0.2) is 4.84 Å². The summed E-state index contributed by atoms with van der Waals surface area (Å²) in [5.41, 5.74) is 9.11. The number of carbonyl (C=O) groups is 1. The van der Waals surface area contributed by atoms with Crippen LogP contribution in [0.15, 0.2) is 48.5 Å². The van der Waals surface area contributed by atoms with Crippen LogP contribution in [0.3, 0.4) is 0 Å². The molecule has 0 saturated carbocycles. The molecule has 0 radical (unpaired) electrons. The lowest BCUT2D eigenvalue weighted by molar-refractivity contribution is -0.121. The van der Waals surface area contributed by atoms with Gasteiger partial charge in [-0.2, -0.15) is 0 Å². The first kappa shape index (κ1) is 21.6. The Morgan fingerprint density at radius 3 is 2.00 bits per heavy atom. The maximum Gasteiger partial charge on any atom is 0.253 e. The van der Waals surface area contributed by atoms with Crippen molar-refractivity contribution in [2.24, 2.45) is 5.73 Å². The maximum atomic E-state index is 13.2. The number of nitrogens with one attached hydrogen (secondary N) is 1. The monoisotopic (exact) mass is 412 g/mol. The van der Waals surface area contributed by atoms with Crippen molar-refractivity contribution in [1.29, 1.82) is 0 Å². The van der Waals surface area contributed by atoms with E-state index in [9.17, 15) is 14.3 Å². The van der Waals surface area contributed by atoms with Crippen molar-refractivity contribution in [2.45, 2.75) is 36.4 Å². The zero-order valence-corrected chi connectivity index (χ0v) is 16.6. The van der Waals surface area contributed by atoms with Crippen LogP contribution < -0.4 is 11.1 Å². The molecule has 0 aliphatic carbocycles. The van der Waals surface area contributed by atoms with Crippen LogP contribution in [-0.4, -0.2) is 28.6 Å². The number of halogens is 3. The van der Waals surface area contributed by atoms with E-state index in [0.29, 0.717) is 5.56 Å². The van der Waals surface area contributed by atoms with Gasteiger partial charge in [0.05, 0.1) is 6.04 Å². The quantitative estimate of drug-likeness (QED) is 0.604. The minimum absolute atomic E-state index is 0.413. The molecule has 27 heavy (non-hydrogen) atoms. The van der Waals surface area contributed by atoms with Gasteiger partial charge in [0.1, 0.15) is 12.8 Å². The molecule has 0 saturated heterocycles. The lowest BCUT2D eigenvalue weighted by Crippen LogP contribution is -2.43. The molecule has 4 N–H and O–H groups in total. The van der Waals surface area contributed by atoms with Crippen molar-refractivity contribution < 1.29 is 14.3 Å². The van der Waals surface area contributed by atoms with Crippen molar-refractivity contribution >= 4 is 29.1 Å². The third-order valence-corrected chi connectivity index (χ3v) is 4.68. The summed E-state index contributed by atoms with van der Waals surface area (Å²) in [5.74, 6) is -0.750. The van der Waals surface area contributed by atoms with Crippen molar-refractivity contribution in [3.8, 4) is 11.1 Å². The van der Waals surface area contributed by atoms with Crippen LogP contribution in [-0.2, 0) is 10.3 Å². The molecule has 1 amide bonds. The average molecular weight is 413 g/mol. The molecule has 0 aliphatic rings. The van der Waals surface area contributed by atoms with Crippen LogP contribution >= 0.6 is 23.2 Å². The zero-order chi connectivity index (χ0) is 20.2. The summed E-state index contributed by atoms with van der Waals surface area (Å²) in [7, 11) is 0. The molecule has 7 heteroatoms. The van der Waals surface area contributed by atoms with Crippen molar-refractivity contribution in [3.05, 3.63) is 59.7 Å². The molecule has 0 aliphatic heterocycles. The Balaban J connectivity index is 2.15. The number of hydrogen-bond acceptors (Lipinski definition) is 3. The molecule has 2 unspecified atom stereocenters. The highest BCUT2D eigenvalue weighted by molar-refractivity contribution is 6.53. The van der Waals surface area contributed by atoms with Gasteiger partial charge >= 0.3 is 0 Å². The van der Waals surface area contributed by atoms with Crippen LogP contribution in [0.2, 0.25) is 0 Å². The van der Waals surface area contributed by atoms with E-state index in [-0.39, 0.29) is 0 Å². The Kier molecular flexibility index (Phi) is 7.23. The lowest BCUT2D eigenvalue weighted by atomic mass is 9.93. The predicted octanol–water partition coefficient (Wildman–Crippen LogP) is 3.84. The summed E-state index contributed by atoms with van der Waals surface area (Å²) >= 11 is 10.9. The average Bonchev–Trinajstić information content (AvgIpc) is 2.64. The van der Waals surface area contributed by atoms with Gasteiger partial charge in [0, 0.05) is 5.54 Å². The summed E-state index contributed by atoms with van der Waals surface area (Å²) in [5, 5.41) is 12.6. The van der Waals surface area contributed by atoms with Gasteiger partial charge in [0.2, 0.25) is 0 Å². The molecule has 0 spiro atoms. The molecule has 146 valence electrons. The number of nitrogens with two attached hydrogens (primary N) is 1. The molecular weight excluding hydrogens is 390 g/mol. The second-order valence-electron chi connectivity index (χ2n) is 6.94. The Morgan fingerprint density at radius 1 is 1.11 bits per heavy atom. The zero-order valence-electron chi connectivity index (χ0n) is 15.1. The van der Waals surface area contributed by atoms with Crippen LogP contribution in [0.1, 0.15) is 31.1 Å². The summed E-state index contributed by atoms with van der Waals surface area (Å²) in [6, 6.07) is 13.8. The van der Waals surface area contributed by atoms with Gasteiger partial charge in [-0.1, -0.05) is 71.7 Å². The molecule has 2 aromatic rings. The molecule has 0 fully saturated rings. The number of aliphatic hydroxyl groups is 1. The Morgan fingerprint density at radius 2 is 1.59 bits per heavy atom. The molecular formula is C20H23Cl2FN2O2. The lowest BCUT2D eigenvalue weighted by Gasteiger charge is -2.22. The molecule has 4 nitrogen and oxygen atoms in total. The van der Waals surface area contributed by atoms with Crippen LogP contribution in [0.5, 0.6) is 0 Å². The largest absolute Gasteiger partial charge is 0.386 e. The highest BCUT2D eigenvalue weighted by Crippen LogP contribution is 2.26. The van der Waals surface area contributed by atoms with Gasteiger partial charge in [-0.15, -0.1) is 0 Å². The Bertz CT molecular complexity index is 759. The summed E-state index contributed by atoms with van der Waals surface area (Å²) in [4.78, 5) is 10.2. The molecule has 0 aromatic heterocycles. The van der Waals surface area contributed by atoms with Crippen LogP contribution in [0.25, 0.3) is 11.1 Å². The fraction of sp³-hybridized carbons (Fsp3) is 0.350. The van der Waals surface area contributed by atoms with Crippen LogP contribution in [0, 0.1) is 0 Å². The normalized spacial score (nSPS) is 14.1. The predicted molar refractivity (Wildman–Crippen MR) is 107 cm³/mol. The van der Waals surface area contributed by atoms with Crippen molar-refractivity contribution in [2.75, 3.05) is 6.67 Å². The highest BCUT2D eigenvalue weighted by atomic mass is 35.5. The third kappa shape index (κ3) is 5.66. The fourth-order valence-corrected chi connectivity index (χ4v) is 2.77. The number of carbonyl (C=O) groups excluding carboxylic acids is 1. The van der Waals surface area contributed by atoms with Crippen LogP contribution in [0.4, 0.5) is 4.39 Å². The number of aliphatic hydroxyl groups excluding tert-OH is 1. The Labute approximate surface area is 168 Å². The molecule has 0 bridgehead atoms. The molecule has 0 heterocycles. The number of amides is 1. The second-order valence-corrected chi connectivity index (χ2v) is 8.03. The summed E-state index contributed by atoms with van der Waals surface area (Å²) in [6.07, 6.45) is -1.22. The van der Waals surface area contributed by atoms with E-state index in [1.54, 1.807) is 12.1 Å². The first-order chi connectivity index (χ1) is 12.6. The number of rotatable bonds is 7. The van der Waals surface area contributed by atoms with Gasteiger partial charge in [0.25, 0.3) is 5.91 Å². The van der Waals surface area contributed by atoms with Crippen molar-refractivity contribution in [3.63, 3.8) is 0 Å². The number of hydrogen-bond donors (Lipinski definition) is 3.